The highest BCUT2D eigenvalue weighted by atomic mass is 35.5. The van der Waals surface area contributed by atoms with E-state index < -0.39 is 0 Å². The van der Waals surface area contributed by atoms with Gasteiger partial charge in [-0.1, -0.05) is 19.8 Å². The first kappa shape index (κ1) is 18.7. The standard InChI is InChI=1S/C15H23ClN6OS/c1-5-6-7-15(2,9-17-14(23)22(3)4)20-12-11-10(8-24-21-11)18-13(16)19-12/h8H,5-7,9H2,1-4H3,(H,17,23)(H,18,19,20). The summed E-state index contributed by atoms with van der Waals surface area (Å²) in [4.78, 5) is 21.8. The van der Waals surface area contributed by atoms with Crippen molar-refractivity contribution in [2.45, 2.75) is 38.6 Å². The van der Waals surface area contributed by atoms with E-state index in [4.69, 9.17) is 11.6 Å². The van der Waals surface area contributed by atoms with Gasteiger partial charge in [0, 0.05) is 26.0 Å². The van der Waals surface area contributed by atoms with Gasteiger partial charge in [0.25, 0.3) is 0 Å². The first-order valence-corrected chi connectivity index (χ1v) is 9.07. The number of nitrogens with one attached hydrogen (secondary N) is 2. The van der Waals surface area contributed by atoms with Crippen molar-refractivity contribution >= 4 is 46.0 Å². The van der Waals surface area contributed by atoms with Gasteiger partial charge in [-0.15, -0.1) is 0 Å². The lowest BCUT2D eigenvalue weighted by molar-refractivity contribution is 0.214. The highest BCUT2D eigenvalue weighted by molar-refractivity contribution is 7.04. The summed E-state index contributed by atoms with van der Waals surface area (Å²) >= 11 is 7.34. The molecule has 0 saturated carbocycles. The van der Waals surface area contributed by atoms with Crippen LogP contribution >= 0.6 is 23.1 Å². The lowest BCUT2D eigenvalue weighted by Crippen LogP contribution is -2.49. The van der Waals surface area contributed by atoms with Crippen molar-refractivity contribution in [1.29, 1.82) is 0 Å². The van der Waals surface area contributed by atoms with Crippen molar-refractivity contribution in [3.63, 3.8) is 0 Å². The molecule has 2 aromatic heterocycles. The predicted molar refractivity (Wildman–Crippen MR) is 98.9 cm³/mol. The Labute approximate surface area is 151 Å². The van der Waals surface area contributed by atoms with Crippen molar-refractivity contribution in [3.05, 3.63) is 10.7 Å². The third kappa shape index (κ3) is 4.67. The molecule has 0 fully saturated rings. The van der Waals surface area contributed by atoms with Crippen molar-refractivity contribution in [2.75, 3.05) is 26.0 Å². The van der Waals surface area contributed by atoms with Gasteiger partial charge < -0.3 is 15.5 Å². The zero-order valence-electron chi connectivity index (χ0n) is 14.4. The van der Waals surface area contributed by atoms with Gasteiger partial charge in [0.1, 0.15) is 11.0 Å². The molecule has 9 heteroatoms. The van der Waals surface area contributed by atoms with E-state index in [1.165, 1.54) is 16.4 Å². The Morgan fingerprint density at radius 3 is 2.83 bits per heavy atom. The van der Waals surface area contributed by atoms with Crippen LogP contribution in [0.15, 0.2) is 5.38 Å². The first-order chi connectivity index (χ1) is 11.3. The van der Waals surface area contributed by atoms with Gasteiger partial charge in [-0.25, -0.2) is 9.78 Å². The fraction of sp³-hybridized carbons (Fsp3) is 0.600. The molecule has 2 rings (SSSR count). The molecule has 0 saturated heterocycles. The maximum atomic E-state index is 11.9. The van der Waals surface area contributed by atoms with E-state index in [0.717, 1.165) is 24.8 Å². The molecule has 7 nitrogen and oxygen atoms in total. The number of hydrogen-bond donors (Lipinski definition) is 2. The van der Waals surface area contributed by atoms with Gasteiger partial charge in [0.15, 0.2) is 5.82 Å². The average molecular weight is 371 g/mol. The molecule has 0 bridgehead atoms. The number of carbonyl (C=O) groups is 1. The van der Waals surface area contributed by atoms with Gasteiger partial charge in [-0.3, -0.25) is 0 Å². The van der Waals surface area contributed by atoms with Crippen LogP contribution in [0.2, 0.25) is 5.28 Å². The third-order valence-electron chi connectivity index (χ3n) is 3.73. The number of carbonyl (C=O) groups excluding carboxylic acids is 1. The smallest absolute Gasteiger partial charge is 0.316 e. The minimum Gasteiger partial charge on any atom is -0.361 e. The molecule has 0 radical (unpaired) electrons. The van der Waals surface area contributed by atoms with E-state index >= 15 is 0 Å². The van der Waals surface area contributed by atoms with Gasteiger partial charge in [-0.05, 0) is 36.5 Å². The summed E-state index contributed by atoms with van der Waals surface area (Å²) in [5, 5.41) is 8.39. The van der Waals surface area contributed by atoms with Gasteiger partial charge in [0.05, 0.1) is 5.54 Å². The number of anilines is 1. The van der Waals surface area contributed by atoms with Gasteiger partial charge in [0.2, 0.25) is 5.28 Å². The van der Waals surface area contributed by atoms with E-state index in [-0.39, 0.29) is 16.9 Å². The van der Waals surface area contributed by atoms with Crippen LogP contribution in [0.4, 0.5) is 10.6 Å². The molecule has 0 aromatic carbocycles. The van der Waals surface area contributed by atoms with E-state index in [1.807, 2.05) is 5.38 Å². The Morgan fingerprint density at radius 2 is 2.17 bits per heavy atom. The molecule has 0 aliphatic rings. The highest BCUT2D eigenvalue weighted by Gasteiger charge is 2.27. The Hall–Kier alpha value is -1.67. The second kappa shape index (κ2) is 7.94. The first-order valence-electron chi connectivity index (χ1n) is 7.85. The molecule has 0 spiro atoms. The van der Waals surface area contributed by atoms with Crippen LogP contribution in [0.3, 0.4) is 0 Å². The second-order valence-electron chi connectivity index (χ2n) is 6.23. The number of hydrogen-bond acceptors (Lipinski definition) is 6. The molecule has 2 amide bonds. The predicted octanol–water partition coefficient (Wildman–Crippen LogP) is 3.37. The Kier molecular flexibility index (Phi) is 6.17. The molecular weight excluding hydrogens is 348 g/mol. The van der Waals surface area contributed by atoms with E-state index in [1.54, 1.807) is 14.1 Å². The molecule has 2 heterocycles. The number of halogens is 1. The maximum Gasteiger partial charge on any atom is 0.316 e. The van der Waals surface area contributed by atoms with Crippen LogP contribution in [0.1, 0.15) is 33.1 Å². The number of rotatable bonds is 7. The van der Waals surface area contributed by atoms with Crippen LogP contribution in [-0.2, 0) is 0 Å². The summed E-state index contributed by atoms with van der Waals surface area (Å²) in [6.45, 7) is 4.67. The fourth-order valence-corrected chi connectivity index (χ4v) is 3.09. The van der Waals surface area contributed by atoms with E-state index in [0.29, 0.717) is 17.9 Å². The summed E-state index contributed by atoms with van der Waals surface area (Å²) < 4.78 is 4.35. The number of urea groups is 1. The lowest BCUT2D eigenvalue weighted by Gasteiger charge is -2.32. The van der Waals surface area contributed by atoms with Crippen molar-refractivity contribution in [1.82, 2.24) is 24.6 Å². The molecule has 1 atom stereocenters. The van der Waals surface area contributed by atoms with Gasteiger partial charge >= 0.3 is 6.03 Å². The maximum absolute atomic E-state index is 11.9. The van der Waals surface area contributed by atoms with Crippen molar-refractivity contribution < 1.29 is 4.79 Å². The molecule has 2 N–H and O–H groups in total. The second-order valence-corrected chi connectivity index (χ2v) is 7.20. The lowest BCUT2D eigenvalue weighted by atomic mass is 9.94. The number of amides is 2. The van der Waals surface area contributed by atoms with Crippen LogP contribution in [-0.4, -0.2) is 51.5 Å². The molecule has 0 aliphatic carbocycles. The normalized spacial score (nSPS) is 13.5. The summed E-state index contributed by atoms with van der Waals surface area (Å²) in [6.07, 6.45) is 2.97. The molecular formula is C15H23ClN6OS. The largest absolute Gasteiger partial charge is 0.361 e. The summed E-state index contributed by atoms with van der Waals surface area (Å²) in [7, 11) is 3.43. The number of nitrogens with zero attached hydrogens (tertiary/aromatic N) is 4. The van der Waals surface area contributed by atoms with Crippen molar-refractivity contribution in [2.24, 2.45) is 0 Å². The minimum atomic E-state index is -0.365. The number of unbranched alkanes of at least 4 members (excludes halogenated alkanes) is 1. The quantitative estimate of drug-likeness (QED) is 0.730. The molecule has 132 valence electrons. The highest BCUT2D eigenvalue weighted by Crippen LogP contribution is 2.27. The fourth-order valence-electron chi connectivity index (χ4n) is 2.31. The summed E-state index contributed by atoms with van der Waals surface area (Å²) in [5.41, 5.74) is 1.05. The zero-order valence-corrected chi connectivity index (χ0v) is 16.0. The average Bonchev–Trinajstić information content (AvgIpc) is 2.99. The van der Waals surface area contributed by atoms with Crippen LogP contribution < -0.4 is 10.6 Å². The van der Waals surface area contributed by atoms with Crippen LogP contribution in [0, 0.1) is 0 Å². The topological polar surface area (TPSA) is 83.0 Å². The Bertz CT molecular complexity index is 706. The van der Waals surface area contributed by atoms with E-state index in [2.05, 4.69) is 38.8 Å². The van der Waals surface area contributed by atoms with E-state index in [9.17, 15) is 4.79 Å². The Morgan fingerprint density at radius 1 is 1.42 bits per heavy atom. The summed E-state index contributed by atoms with van der Waals surface area (Å²) in [6, 6.07) is -0.126. The van der Waals surface area contributed by atoms with Crippen LogP contribution in [0.25, 0.3) is 11.0 Å². The molecule has 2 aromatic rings. The molecule has 1 unspecified atom stereocenters. The van der Waals surface area contributed by atoms with Crippen molar-refractivity contribution in [3.8, 4) is 0 Å². The molecule has 24 heavy (non-hydrogen) atoms. The van der Waals surface area contributed by atoms with Crippen LogP contribution in [0.5, 0.6) is 0 Å². The molecule has 0 aliphatic heterocycles. The monoisotopic (exact) mass is 370 g/mol. The number of aromatic nitrogens is 3. The third-order valence-corrected chi connectivity index (χ3v) is 4.52. The number of fused-ring (bicyclic) bond motifs is 1. The summed E-state index contributed by atoms with van der Waals surface area (Å²) in [5.74, 6) is 0.601. The zero-order chi connectivity index (χ0) is 17.7. The van der Waals surface area contributed by atoms with Gasteiger partial charge in [-0.2, -0.15) is 9.36 Å². The minimum absolute atomic E-state index is 0.126. The Balaban J connectivity index is 2.23. The SMILES string of the molecule is CCCCC(C)(CNC(=O)N(C)C)Nc1nc(Cl)nc2csnc12.